The van der Waals surface area contributed by atoms with E-state index in [1.54, 1.807) is 13.2 Å². The molecule has 0 N–H and O–H groups in total. The van der Waals surface area contributed by atoms with E-state index in [2.05, 4.69) is 4.98 Å². The minimum atomic E-state index is -0.618. The predicted octanol–water partition coefficient (Wildman–Crippen LogP) is 4.67. The van der Waals surface area contributed by atoms with Crippen molar-refractivity contribution in [1.29, 1.82) is 0 Å². The molecule has 1 atom stereocenters. The van der Waals surface area contributed by atoms with Crippen LogP contribution in [-0.4, -0.2) is 15.5 Å². The zero-order valence-electron chi connectivity index (χ0n) is 12.8. The fourth-order valence-corrected chi connectivity index (χ4v) is 2.74. The summed E-state index contributed by atoms with van der Waals surface area (Å²) in [6.45, 7) is 0. The first-order chi connectivity index (χ1) is 11.6. The van der Waals surface area contributed by atoms with Crippen LogP contribution in [0.25, 0.3) is 0 Å². The van der Waals surface area contributed by atoms with Crippen LogP contribution in [0.2, 0.25) is 10.2 Å². The summed E-state index contributed by atoms with van der Waals surface area (Å²) in [5.41, 5.74) is 1.75. The van der Waals surface area contributed by atoms with Gasteiger partial charge in [0.15, 0.2) is 6.10 Å². The largest absolute Gasteiger partial charge is 0.446 e. The average Bonchev–Trinajstić information content (AvgIpc) is 2.88. The van der Waals surface area contributed by atoms with Gasteiger partial charge in [0.1, 0.15) is 10.8 Å². The lowest BCUT2D eigenvalue weighted by Gasteiger charge is -2.18. The van der Waals surface area contributed by atoms with Gasteiger partial charge in [-0.2, -0.15) is 0 Å². The summed E-state index contributed by atoms with van der Waals surface area (Å²) in [7, 11) is 1.66. The van der Waals surface area contributed by atoms with Gasteiger partial charge in [-0.05, 0) is 23.8 Å². The molecule has 0 saturated heterocycles. The zero-order chi connectivity index (χ0) is 17.1. The summed E-state index contributed by atoms with van der Waals surface area (Å²) in [6.07, 6.45) is 1.04. The Morgan fingerprint density at radius 1 is 1.12 bits per heavy atom. The molecule has 0 aliphatic rings. The molecule has 2 heterocycles. The van der Waals surface area contributed by atoms with Crippen LogP contribution in [0.5, 0.6) is 0 Å². The minimum absolute atomic E-state index is 0.280. The molecule has 0 radical (unpaired) electrons. The predicted molar refractivity (Wildman–Crippen MR) is 93.4 cm³/mol. The van der Waals surface area contributed by atoms with Crippen molar-refractivity contribution in [3.05, 3.63) is 87.9 Å². The summed E-state index contributed by atoms with van der Waals surface area (Å²) in [5.74, 6) is -0.522. The van der Waals surface area contributed by atoms with Crippen LogP contribution in [0.1, 0.15) is 27.8 Å². The van der Waals surface area contributed by atoms with Gasteiger partial charge >= 0.3 is 5.97 Å². The molecule has 1 unspecified atom stereocenters. The number of hydrogen-bond acceptors (Lipinski definition) is 3. The lowest BCUT2D eigenvalue weighted by Crippen LogP contribution is -2.16. The number of carbonyl (C=O) groups excluding carboxylic acids is 1. The highest BCUT2D eigenvalue weighted by atomic mass is 35.5. The molecule has 0 aliphatic heterocycles. The highest BCUT2D eigenvalue weighted by Gasteiger charge is 2.24. The Bertz CT molecular complexity index is 809. The summed E-state index contributed by atoms with van der Waals surface area (Å²) >= 11 is 12.0. The quantitative estimate of drug-likeness (QED) is 0.634. The molecule has 0 aliphatic carbocycles. The second kappa shape index (κ2) is 7.07. The number of pyridine rings is 1. The molecular formula is C18H14Cl2N2O2. The topological polar surface area (TPSA) is 44.1 Å². The second-order valence-electron chi connectivity index (χ2n) is 5.18. The first kappa shape index (κ1) is 16.6. The molecule has 24 heavy (non-hydrogen) atoms. The lowest BCUT2D eigenvalue weighted by molar-refractivity contribution is 0.0359. The standard InChI is InChI=1S/C18H14Cl2N2O2/c1-22-15(11-13(19)17(22)20)18(23)24-16(12-7-3-2-4-8-12)14-9-5-6-10-21-14/h2-11,16H,1H3. The van der Waals surface area contributed by atoms with Crippen LogP contribution in [0.3, 0.4) is 0 Å². The maximum Gasteiger partial charge on any atom is 0.356 e. The van der Waals surface area contributed by atoms with Crippen molar-refractivity contribution in [2.45, 2.75) is 6.10 Å². The minimum Gasteiger partial charge on any atom is -0.446 e. The molecule has 3 aromatic rings. The van der Waals surface area contributed by atoms with Gasteiger partial charge in [0.05, 0.1) is 10.7 Å². The van der Waals surface area contributed by atoms with E-state index in [1.165, 1.54) is 10.6 Å². The summed E-state index contributed by atoms with van der Waals surface area (Å²) in [4.78, 5) is 16.9. The number of ether oxygens (including phenoxy) is 1. The Morgan fingerprint density at radius 3 is 2.42 bits per heavy atom. The summed E-state index contributed by atoms with van der Waals surface area (Å²) < 4.78 is 7.21. The fraction of sp³-hybridized carbons (Fsp3) is 0.111. The van der Waals surface area contributed by atoms with E-state index in [1.807, 2.05) is 48.5 Å². The van der Waals surface area contributed by atoms with Crippen molar-refractivity contribution in [2.75, 3.05) is 0 Å². The second-order valence-corrected chi connectivity index (χ2v) is 5.94. The number of esters is 1. The van der Waals surface area contributed by atoms with Gasteiger partial charge in [-0.1, -0.05) is 59.6 Å². The fourth-order valence-electron chi connectivity index (χ4n) is 2.36. The zero-order valence-corrected chi connectivity index (χ0v) is 14.3. The molecule has 0 fully saturated rings. The highest BCUT2D eigenvalue weighted by molar-refractivity contribution is 6.41. The molecular weight excluding hydrogens is 347 g/mol. The van der Waals surface area contributed by atoms with Gasteiger partial charge in [0.2, 0.25) is 0 Å². The maximum absolute atomic E-state index is 12.6. The molecule has 6 heteroatoms. The molecule has 2 aromatic heterocycles. The van der Waals surface area contributed by atoms with E-state index in [-0.39, 0.29) is 10.8 Å². The van der Waals surface area contributed by atoms with Crippen molar-refractivity contribution in [3.63, 3.8) is 0 Å². The molecule has 0 saturated carbocycles. The normalized spacial score (nSPS) is 12.0. The Kier molecular flexibility index (Phi) is 4.88. The van der Waals surface area contributed by atoms with Crippen molar-refractivity contribution in [2.24, 2.45) is 7.05 Å². The molecule has 0 spiro atoms. The molecule has 3 rings (SSSR count). The molecule has 122 valence electrons. The SMILES string of the molecule is Cn1c(C(=O)OC(c2ccccc2)c2ccccn2)cc(Cl)c1Cl. The van der Waals surface area contributed by atoms with Gasteiger partial charge in [-0.3, -0.25) is 4.98 Å². The van der Waals surface area contributed by atoms with Crippen LogP contribution >= 0.6 is 23.2 Å². The summed E-state index contributed by atoms with van der Waals surface area (Å²) in [5, 5.41) is 0.595. The van der Waals surface area contributed by atoms with E-state index in [9.17, 15) is 4.79 Å². The number of benzene rings is 1. The number of nitrogens with zero attached hydrogens (tertiary/aromatic N) is 2. The third-order valence-corrected chi connectivity index (χ3v) is 4.45. The third kappa shape index (κ3) is 3.30. The van der Waals surface area contributed by atoms with Gasteiger partial charge in [0.25, 0.3) is 0 Å². The molecule has 1 aromatic carbocycles. The Morgan fingerprint density at radius 2 is 1.83 bits per heavy atom. The monoisotopic (exact) mass is 360 g/mol. The molecule has 0 bridgehead atoms. The molecule has 0 amide bonds. The maximum atomic E-state index is 12.6. The number of carbonyl (C=O) groups is 1. The van der Waals surface area contributed by atoms with Crippen LogP contribution in [0.4, 0.5) is 0 Å². The van der Waals surface area contributed by atoms with E-state index in [0.717, 1.165) is 5.56 Å². The van der Waals surface area contributed by atoms with Crippen molar-refractivity contribution in [1.82, 2.24) is 9.55 Å². The van der Waals surface area contributed by atoms with Gasteiger partial charge in [-0.25, -0.2) is 4.79 Å². The van der Waals surface area contributed by atoms with Crippen LogP contribution < -0.4 is 0 Å². The lowest BCUT2D eigenvalue weighted by atomic mass is 10.1. The number of aromatic nitrogens is 2. The third-order valence-electron chi connectivity index (χ3n) is 3.61. The average molecular weight is 361 g/mol. The first-order valence-electron chi connectivity index (χ1n) is 7.25. The van der Waals surface area contributed by atoms with Crippen LogP contribution in [0.15, 0.2) is 60.8 Å². The highest BCUT2D eigenvalue weighted by Crippen LogP contribution is 2.29. The Balaban J connectivity index is 1.95. The van der Waals surface area contributed by atoms with Crippen molar-refractivity contribution in [3.8, 4) is 0 Å². The van der Waals surface area contributed by atoms with E-state index >= 15 is 0 Å². The number of rotatable bonds is 4. The van der Waals surface area contributed by atoms with Gasteiger partial charge in [0, 0.05) is 13.2 Å². The molecule has 4 nitrogen and oxygen atoms in total. The Labute approximate surface area is 149 Å². The first-order valence-corrected chi connectivity index (χ1v) is 8.01. The Hall–Kier alpha value is -2.30. The van der Waals surface area contributed by atoms with Crippen LogP contribution in [0, 0.1) is 0 Å². The van der Waals surface area contributed by atoms with Gasteiger partial charge in [-0.15, -0.1) is 0 Å². The van der Waals surface area contributed by atoms with E-state index in [4.69, 9.17) is 27.9 Å². The van der Waals surface area contributed by atoms with Crippen molar-refractivity contribution < 1.29 is 9.53 Å². The van der Waals surface area contributed by atoms with Crippen LogP contribution in [-0.2, 0) is 11.8 Å². The van der Waals surface area contributed by atoms with E-state index < -0.39 is 12.1 Å². The summed E-state index contributed by atoms with van der Waals surface area (Å²) in [6, 6.07) is 16.4. The smallest absolute Gasteiger partial charge is 0.356 e. The van der Waals surface area contributed by atoms with Gasteiger partial charge < -0.3 is 9.30 Å². The number of hydrogen-bond donors (Lipinski definition) is 0. The van der Waals surface area contributed by atoms with Crippen molar-refractivity contribution >= 4 is 29.2 Å². The van der Waals surface area contributed by atoms with E-state index in [0.29, 0.717) is 10.7 Å². The number of halogens is 2.